The lowest BCUT2D eigenvalue weighted by atomic mass is 10.3. The maximum Gasteiger partial charge on any atom is 0.277 e. The van der Waals surface area contributed by atoms with E-state index in [4.69, 9.17) is 0 Å². The van der Waals surface area contributed by atoms with E-state index >= 15 is 0 Å². The van der Waals surface area contributed by atoms with E-state index in [0.29, 0.717) is 6.54 Å². The Kier molecular flexibility index (Phi) is 5.68. The number of nitrogens with zero attached hydrogens (tertiary/aromatic N) is 2. The number of amides is 2. The molecule has 124 valence electrons. The Morgan fingerprint density at radius 2 is 2.09 bits per heavy atom. The fourth-order valence-corrected chi connectivity index (χ4v) is 3.31. The Hall–Kier alpha value is -1.99. The Balaban J connectivity index is 2.00. The van der Waals surface area contributed by atoms with Crippen LogP contribution in [0.3, 0.4) is 0 Å². The predicted molar refractivity (Wildman–Crippen MR) is 91.5 cm³/mol. The summed E-state index contributed by atoms with van der Waals surface area (Å²) in [4.78, 5) is 30.7. The first-order valence-electron chi connectivity index (χ1n) is 7.54. The standard InChI is InChI=1S/C16H22N4O2S/c1-11(16-18-12-7-5-6-8-13(12)23-16)19(3)10-15(22)20(4)9-14(21)17-2/h5-8,11H,9-10H2,1-4H3,(H,17,21)/p+1/t11-/m1/s1. The molecule has 1 aromatic carbocycles. The molecule has 0 spiro atoms. The molecule has 1 unspecified atom stereocenters. The van der Waals surface area contributed by atoms with Crippen LogP contribution in [0.15, 0.2) is 24.3 Å². The van der Waals surface area contributed by atoms with Gasteiger partial charge in [0.2, 0.25) is 5.91 Å². The SMILES string of the molecule is CNC(=O)CN(C)C(=O)C[NH+](C)[C@H](C)c1nc2ccccc2s1. The molecule has 2 amide bonds. The summed E-state index contributed by atoms with van der Waals surface area (Å²) in [5.41, 5.74) is 0.996. The van der Waals surface area contributed by atoms with Crippen LogP contribution in [0.25, 0.3) is 10.2 Å². The molecule has 0 saturated heterocycles. The topological polar surface area (TPSA) is 66.7 Å². The number of likely N-dealkylation sites (N-methyl/N-ethyl adjacent to an activating group) is 3. The molecule has 0 aliphatic rings. The number of carbonyl (C=O) groups excluding carboxylic acids is 2. The zero-order valence-electron chi connectivity index (χ0n) is 13.9. The van der Waals surface area contributed by atoms with Crippen molar-refractivity contribution in [2.45, 2.75) is 13.0 Å². The van der Waals surface area contributed by atoms with Crippen molar-refractivity contribution in [3.63, 3.8) is 0 Å². The summed E-state index contributed by atoms with van der Waals surface area (Å²) in [5, 5.41) is 3.54. The molecule has 0 bridgehead atoms. The van der Waals surface area contributed by atoms with Gasteiger partial charge in [-0.15, -0.1) is 11.3 Å². The lowest BCUT2D eigenvalue weighted by Crippen LogP contribution is -3.10. The van der Waals surface area contributed by atoms with Gasteiger partial charge in [0.05, 0.1) is 23.8 Å². The maximum atomic E-state index is 12.2. The Morgan fingerprint density at radius 3 is 2.74 bits per heavy atom. The summed E-state index contributed by atoms with van der Waals surface area (Å²) in [6.07, 6.45) is 0. The van der Waals surface area contributed by atoms with Gasteiger partial charge in [-0.05, 0) is 19.1 Å². The number of thiazole rings is 1. The van der Waals surface area contributed by atoms with Crippen LogP contribution in [0.1, 0.15) is 18.0 Å². The molecule has 0 aliphatic heterocycles. The molecular formula is C16H23N4O2S+. The highest BCUT2D eigenvalue weighted by atomic mass is 32.1. The van der Waals surface area contributed by atoms with Gasteiger partial charge in [-0.1, -0.05) is 12.1 Å². The minimum absolute atomic E-state index is 0.0564. The monoisotopic (exact) mass is 335 g/mol. The van der Waals surface area contributed by atoms with E-state index in [1.807, 2.05) is 25.2 Å². The average molecular weight is 335 g/mol. The summed E-state index contributed by atoms with van der Waals surface area (Å²) < 4.78 is 1.16. The van der Waals surface area contributed by atoms with E-state index in [2.05, 4.69) is 23.3 Å². The second kappa shape index (κ2) is 7.52. The van der Waals surface area contributed by atoms with Crippen molar-refractivity contribution in [1.29, 1.82) is 0 Å². The molecule has 0 saturated carbocycles. The van der Waals surface area contributed by atoms with Crippen LogP contribution >= 0.6 is 11.3 Å². The number of fused-ring (bicyclic) bond motifs is 1. The molecule has 1 aromatic heterocycles. The van der Waals surface area contributed by atoms with Crippen LogP contribution in [-0.2, 0) is 9.59 Å². The molecule has 7 heteroatoms. The third-order valence-corrected chi connectivity index (χ3v) is 5.15. The molecule has 2 N–H and O–H groups in total. The van der Waals surface area contributed by atoms with Crippen molar-refractivity contribution in [2.75, 3.05) is 34.2 Å². The van der Waals surface area contributed by atoms with Crippen LogP contribution in [0.2, 0.25) is 0 Å². The lowest BCUT2D eigenvalue weighted by molar-refractivity contribution is -0.902. The van der Waals surface area contributed by atoms with Crippen LogP contribution in [0.4, 0.5) is 0 Å². The predicted octanol–water partition coefficient (Wildman–Crippen LogP) is 0.0764. The average Bonchev–Trinajstić information content (AvgIpc) is 2.97. The molecule has 23 heavy (non-hydrogen) atoms. The van der Waals surface area contributed by atoms with Crippen molar-refractivity contribution in [3.05, 3.63) is 29.3 Å². The summed E-state index contributed by atoms with van der Waals surface area (Å²) in [5.74, 6) is -0.225. The van der Waals surface area contributed by atoms with E-state index in [0.717, 1.165) is 20.1 Å². The number of nitrogens with one attached hydrogen (secondary N) is 2. The second-order valence-corrected chi connectivity index (χ2v) is 6.75. The third kappa shape index (κ3) is 4.27. The van der Waals surface area contributed by atoms with Crippen molar-refractivity contribution in [2.24, 2.45) is 0 Å². The van der Waals surface area contributed by atoms with Gasteiger partial charge < -0.3 is 15.1 Å². The normalized spacial score (nSPS) is 13.6. The minimum atomic E-state index is -0.169. The van der Waals surface area contributed by atoms with Gasteiger partial charge in [0.25, 0.3) is 5.91 Å². The van der Waals surface area contributed by atoms with Gasteiger partial charge in [0, 0.05) is 14.1 Å². The lowest BCUT2D eigenvalue weighted by Gasteiger charge is -2.22. The van der Waals surface area contributed by atoms with Gasteiger partial charge >= 0.3 is 0 Å². The zero-order chi connectivity index (χ0) is 17.0. The van der Waals surface area contributed by atoms with Gasteiger partial charge in [-0.2, -0.15) is 0 Å². The number of para-hydroxylation sites is 1. The number of rotatable bonds is 6. The summed E-state index contributed by atoms with van der Waals surface area (Å²) in [6, 6.07) is 8.15. The largest absolute Gasteiger partial charge is 0.358 e. The van der Waals surface area contributed by atoms with Gasteiger partial charge in [0.1, 0.15) is 6.04 Å². The van der Waals surface area contributed by atoms with Crippen molar-refractivity contribution < 1.29 is 14.5 Å². The second-order valence-electron chi connectivity index (χ2n) is 5.69. The Labute approximate surface area is 140 Å². The van der Waals surface area contributed by atoms with Crippen LogP contribution < -0.4 is 10.2 Å². The summed E-state index contributed by atoms with van der Waals surface area (Å²) in [6.45, 7) is 2.47. The number of hydrogen-bond acceptors (Lipinski definition) is 4. The molecular weight excluding hydrogens is 312 g/mol. The fourth-order valence-electron chi connectivity index (χ4n) is 2.20. The molecule has 0 fully saturated rings. The van der Waals surface area contributed by atoms with Crippen molar-refractivity contribution >= 4 is 33.4 Å². The number of benzene rings is 1. The fraction of sp³-hybridized carbons (Fsp3) is 0.438. The molecule has 2 atom stereocenters. The summed E-state index contributed by atoms with van der Waals surface area (Å²) in [7, 11) is 5.18. The quantitative estimate of drug-likeness (QED) is 0.785. The zero-order valence-corrected chi connectivity index (χ0v) is 14.7. The molecule has 0 radical (unpaired) electrons. The molecule has 1 heterocycles. The van der Waals surface area contributed by atoms with Crippen LogP contribution in [0.5, 0.6) is 0 Å². The van der Waals surface area contributed by atoms with Gasteiger partial charge in [0.15, 0.2) is 11.6 Å². The number of hydrogen-bond donors (Lipinski definition) is 2. The molecule has 2 rings (SSSR count). The first-order valence-corrected chi connectivity index (χ1v) is 8.36. The molecule has 2 aromatic rings. The van der Waals surface area contributed by atoms with Crippen LogP contribution in [0, 0.1) is 0 Å². The maximum absolute atomic E-state index is 12.2. The van der Waals surface area contributed by atoms with Crippen molar-refractivity contribution in [1.82, 2.24) is 15.2 Å². The highest BCUT2D eigenvalue weighted by molar-refractivity contribution is 7.18. The molecule has 6 nitrogen and oxygen atoms in total. The van der Waals surface area contributed by atoms with Crippen molar-refractivity contribution in [3.8, 4) is 0 Å². The minimum Gasteiger partial charge on any atom is -0.358 e. The number of carbonyl (C=O) groups is 2. The highest BCUT2D eigenvalue weighted by Gasteiger charge is 2.24. The summed E-state index contributed by atoms with van der Waals surface area (Å²) >= 11 is 1.66. The first-order chi connectivity index (χ1) is 10.9. The van der Waals surface area contributed by atoms with E-state index in [9.17, 15) is 9.59 Å². The van der Waals surface area contributed by atoms with Crippen LogP contribution in [-0.4, -0.2) is 55.9 Å². The van der Waals surface area contributed by atoms with E-state index in [-0.39, 0.29) is 24.4 Å². The number of quaternary nitrogens is 1. The molecule has 0 aliphatic carbocycles. The Morgan fingerprint density at radius 1 is 1.39 bits per heavy atom. The Bertz CT molecular complexity index is 667. The first kappa shape index (κ1) is 17.4. The number of aromatic nitrogens is 1. The third-order valence-electron chi connectivity index (χ3n) is 3.94. The van der Waals surface area contributed by atoms with Gasteiger partial charge in [-0.3, -0.25) is 9.59 Å². The smallest absolute Gasteiger partial charge is 0.277 e. The van der Waals surface area contributed by atoms with E-state index in [1.165, 1.54) is 4.90 Å². The highest BCUT2D eigenvalue weighted by Crippen LogP contribution is 2.24. The van der Waals surface area contributed by atoms with E-state index < -0.39 is 0 Å². The van der Waals surface area contributed by atoms with Gasteiger partial charge in [-0.25, -0.2) is 4.98 Å². The van der Waals surface area contributed by atoms with E-state index in [1.54, 1.807) is 25.4 Å².